The topological polar surface area (TPSA) is 50.1 Å². The van der Waals surface area contributed by atoms with E-state index in [4.69, 9.17) is 10.00 Å². The van der Waals surface area contributed by atoms with Crippen LogP contribution in [0.3, 0.4) is 0 Å². The average Bonchev–Trinajstić information content (AvgIpc) is 2.40. The third-order valence-corrected chi connectivity index (χ3v) is 2.82. The number of nitriles is 1. The summed E-state index contributed by atoms with van der Waals surface area (Å²) in [6.45, 7) is 0.786. The highest BCUT2D eigenvalue weighted by atomic mass is 32.2. The molecule has 0 amide bonds. The Labute approximate surface area is 68.8 Å². The maximum absolute atomic E-state index is 11.0. The van der Waals surface area contributed by atoms with Crippen LogP contribution in [0, 0.1) is 11.3 Å². The summed E-state index contributed by atoms with van der Waals surface area (Å²) < 4.78 is 16.3. The number of rotatable bonds is 3. The lowest BCUT2D eigenvalue weighted by molar-refractivity contribution is 0.128. The molecule has 0 aromatic heterocycles. The molecule has 0 aromatic rings. The molecule has 2 unspecified atom stereocenters. The van der Waals surface area contributed by atoms with Gasteiger partial charge in [-0.2, -0.15) is 5.26 Å². The molecular weight excluding hydrogens is 162 g/mol. The van der Waals surface area contributed by atoms with E-state index in [1.165, 1.54) is 0 Å². The highest BCUT2D eigenvalue weighted by molar-refractivity contribution is 7.85. The predicted octanol–water partition coefficient (Wildman–Crippen LogP) is 0.438. The summed E-state index contributed by atoms with van der Waals surface area (Å²) in [6, 6.07) is 1.89. The minimum absolute atomic E-state index is 0.139. The van der Waals surface area contributed by atoms with E-state index in [9.17, 15) is 4.21 Å². The molecule has 11 heavy (non-hydrogen) atoms. The van der Waals surface area contributed by atoms with E-state index in [0.717, 1.165) is 19.4 Å². The van der Waals surface area contributed by atoms with Crippen molar-refractivity contribution in [3.8, 4) is 6.07 Å². The zero-order valence-electron chi connectivity index (χ0n) is 6.28. The third kappa shape index (κ3) is 3.00. The Bertz CT molecular complexity index is 181. The summed E-state index contributed by atoms with van der Waals surface area (Å²) in [5.74, 6) is 0.674. The first-order valence-corrected chi connectivity index (χ1v) is 5.15. The van der Waals surface area contributed by atoms with Gasteiger partial charge in [-0.25, -0.2) is 0 Å². The molecule has 0 spiro atoms. The van der Waals surface area contributed by atoms with Gasteiger partial charge in [0.05, 0.1) is 17.9 Å². The van der Waals surface area contributed by atoms with Gasteiger partial charge in [0.2, 0.25) is 0 Å². The van der Waals surface area contributed by atoms with Gasteiger partial charge in [0.1, 0.15) is 5.75 Å². The first kappa shape index (κ1) is 8.69. The van der Waals surface area contributed by atoms with E-state index < -0.39 is 10.8 Å². The van der Waals surface area contributed by atoms with Crippen molar-refractivity contribution >= 4 is 10.8 Å². The lowest BCUT2D eigenvalue weighted by atomic mass is 10.3. The van der Waals surface area contributed by atoms with Gasteiger partial charge in [0, 0.05) is 17.4 Å². The fourth-order valence-electron chi connectivity index (χ4n) is 1.11. The summed E-state index contributed by atoms with van der Waals surface area (Å²) >= 11 is 0. The summed E-state index contributed by atoms with van der Waals surface area (Å²) in [7, 11) is -0.996. The Hall–Kier alpha value is -0.400. The van der Waals surface area contributed by atoms with E-state index in [1.807, 2.05) is 6.07 Å². The highest BCUT2D eigenvalue weighted by Gasteiger charge is 2.17. The van der Waals surface area contributed by atoms with Crippen molar-refractivity contribution in [2.24, 2.45) is 0 Å². The quantitative estimate of drug-likeness (QED) is 0.622. The molecule has 0 aliphatic carbocycles. The largest absolute Gasteiger partial charge is 0.377 e. The number of hydrogen-bond donors (Lipinski definition) is 0. The summed E-state index contributed by atoms with van der Waals surface area (Å²) in [4.78, 5) is 0. The molecule has 1 saturated heterocycles. The Balaban J connectivity index is 2.19. The van der Waals surface area contributed by atoms with Gasteiger partial charge in [0.15, 0.2) is 0 Å². The second-order valence-corrected chi connectivity index (χ2v) is 4.05. The molecular formula is C7H11NO2S. The average molecular weight is 173 g/mol. The molecule has 1 fully saturated rings. The Morgan fingerprint density at radius 1 is 1.73 bits per heavy atom. The molecule has 1 aliphatic rings. The maximum Gasteiger partial charge on any atom is 0.111 e. The van der Waals surface area contributed by atoms with E-state index in [-0.39, 0.29) is 11.9 Å². The molecule has 3 nitrogen and oxygen atoms in total. The van der Waals surface area contributed by atoms with Crippen LogP contribution in [0.2, 0.25) is 0 Å². The Morgan fingerprint density at radius 2 is 2.55 bits per heavy atom. The second-order valence-electron chi connectivity index (χ2n) is 2.54. The van der Waals surface area contributed by atoms with E-state index >= 15 is 0 Å². The predicted molar refractivity (Wildman–Crippen MR) is 42.5 cm³/mol. The van der Waals surface area contributed by atoms with E-state index in [1.54, 1.807) is 0 Å². The van der Waals surface area contributed by atoms with Crippen LogP contribution in [0.1, 0.15) is 12.8 Å². The minimum Gasteiger partial charge on any atom is -0.377 e. The Morgan fingerprint density at radius 3 is 3.09 bits per heavy atom. The Kier molecular flexibility index (Phi) is 3.53. The van der Waals surface area contributed by atoms with Crippen LogP contribution in [0.5, 0.6) is 0 Å². The van der Waals surface area contributed by atoms with Crippen molar-refractivity contribution in [2.45, 2.75) is 18.9 Å². The summed E-state index contributed by atoms with van der Waals surface area (Å²) in [5.41, 5.74) is 0. The number of nitrogens with zero attached hydrogens (tertiary/aromatic N) is 1. The number of hydrogen-bond acceptors (Lipinski definition) is 3. The van der Waals surface area contributed by atoms with Crippen LogP contribution in [0.4, 0.5) is 0 Å². The van der Waals surface area contributed by atoms with Crippen molar-refractivity contribution in [3.63, 3.8) is 0 Å². The van der Waals surface area contributed by atoms with Gasteiger partial charge in [-0.3, -0.25) is 4.21 Å². The van der Waals surface area contributed by atoms with Gasteiger partial charge < -0.3 is 4.74 Å². The van der Waals surface area contributed by atoms with Gasteiger partial charge in [0.25, 0.3) is 0 Å². The smallest absolute Gasteiger partial charge is 0.111 e. The lowest BCUT2D eigenvalue weighted by Crippen LogP contribution is -2.16. The fraction of sp³-hybridized carbons (Fsp3) is 0.857. The van der Waals surface area contributed by atoms with Crippen LogP contribution >= 0.6 is 0 Å². The SMILES string of the molecule is N#CCS(=O)CC1CCCO1. The summed E-state index contributed by atoms with van der Waals surface area (Å²) in [5, 5.41) is 8.23. The first-order valence-electron chi connectivity index (χ1n) is 3.66. The standard InChI is InChI=1S/C7H11NO2S/c8-3-5-11(9)6-7-2-1-4-10-7/h7H,1-2,4-6H2. The van der Waals surface area contributed by atoms with Crippen molar-refractivity contribution in [2.75, 3.05) is 18.1 Å². The molecule has 1 rings (SSSR count). The fourth-order valence-corrected chi connectivity index (χ4v) is 2.05. The van der Waals surface area contributed by atoms with Crippen LogP contribution < -0.4 is 0 Å². The molecule has 1 aliphatic heterocycles. The van der Waals surface area contributed by atoms with Crippen molar-refractivity contribution in [1.82, 2.24) is 0 Å². The molecule has 2 atom stereocenters. The van der Waals surface area contributed by atoms with E-state index in [2.05, 4.69) is 0 Å². The first-order chi connectivity index (χ1) is 5.33. The highest BCUT2D eigenvalue weighted by Crippen LogP contribution is 2.12. The lowest BCUT2D eigenvalue weighted by Gasteiger charge is -2.05. The van der Waals surface area contributed by atoms with Gasteiger partial charge in [-0.1, -0.05) is 0 Å². The van der Waals surface area contributed by atoms with Crippen molar-refractivity contribution in [3.05, 3.63) is 0 Å². The normalized spacial score (nSPS) is 26.3. The maximum atomic E-state index is 11.0. The molecule has 0 aromatic carbocycles. The minimum atomic E-state index is -0.996. The zero-order chi connectivity index (χ0) is 8.10. The molecule has 4 heteroatoms. The number of ether oxygens (including phenoxy) is 1. The molecule has 1 heterocycles. The van der Waals surface area contributed by atoms with Crippen LogP contribution in [0.15, 0.2) is 0 Å². The van der Waals surface area contributed by atoms with Gasteiger partial charge >= 0.3 is 0 Å². The molecule has 0 bridgehead atoms. The van der Waals surface area contributed by atoms with E-state index in [0.29, 0.717) is 5.75 Å². The second kappa shape index (κ2) is 4.47. The molecule has 0 saturated carbocycles. The monoisotopic (exact) mass is 173 g/mol. The third-order valence-electron chi connectivity index (χ3n) is 1.62. The van der Waals surface area contributed by atoms with Crippen molar-refractivity contribution in [1.29, 1.82) is 5.26 Å². The molecule has 0 radical (unpaired) electrons. The molecule has 62 valence electrons. The molecule has 0 N–H and O–H groups in total. The van der Waals surface area contributed by atoms with Gasteiger partial charge in [-0.15, -0.1) is 0 Å². The zero-order valence-corrected chi connectivity index (χ0v) is 7.10. The van der Waals surface area contributed by atoms with Crippen LogP contribution in [0.25, 0.3) is 0 Å². The van der Waals surface area contributed by atoms with Crippen molar-refractivity contribution < 1.29 is 8.95 Å². The van der Waals surface area contributed by atoms with Gasteiger partial charge in [-0.05, 0) is 12.8 Å². The summed E-state index contributed by atoms with van der Waals surface area (Å²) in [6.07, 6.45) is 2.20. The van der Waals surface area contributed by atoms with Crippen LogP contribution in [-0.2, 0) is 15.5 Å². The van der Waals surface area contributed by atoms with Crippen LogP contribution in [-0.4, -0.2) is 28.4 Å².